The number of hydrogen-bond donors (Lipinski definition) is 1. The molecule has 2 aromatic heterocycles. The average Bonchev–Trinajstić information content (AvgIpc) is 3.10. The van der Waals surface area contributed by atoms with Crippen LogP contribution in [0.3, 0.4) is 0 Å². The van der Waals surface area contributed by atoms with E-state index in [0.717, 1.165) is 43.0 Å². The SMILES string of the molecule is C=CCn1c(-c2ccc(Cl)cc2)nn(CN2CCC(C(=O)Nc3cccc(C)n3)CC2)c1=S. The predicted octanol–water partition coefficient (Wildman–Crippen LogP) is 4.93. The number of nitrogens with one attached hydrogen (secondary N) is 1. The molecular formula is C24H27ClN6OS. The highest BCUT2D eigenvalue weighted by Crippen LogP contribution is 2.23. The van der Waals surface area contributed by atoms with Crippen molar-refractivity contribution in [1.82, 2.24) is 24.2 Å². The van der Waals surface area contributed by atoms with Crippen LogP contribution in [-0.2, 0) is 18.0 Å². The summed E-state index contributed by atoms with van der Waals surface area (Å²) in [5.74, 6) is 1.40. The maximum atomic E-state index is 12.7. The third-order valence-electron chi connectivity index (χ3n) is 5.77. The number of benzene rings is 1. The maximum absolute atomic E-state index is 12.7. The fourth-order valence-corrected chi connectivity index (χ4v) is 4.39. The molecule has 3 heterocycles. The number of likely N-dealkylation sites (tertiary alicyclic amines) is 1. The molecule has 1 aliphatic heterocycles. The third-order valence-corrected chi connectivity index (χ3v) is 6.45. The van der Waals surface area contributed by atoms with Gasteiger partial charge in [-0.2, -0.15) is 5.10 Å². The highest BCUT2D eigenvalue weighted by molar-refractivity contribution is 7.71. The lowest BCUT2D eigenvalue weighted by Gasteiger charge is -2.30. The molecule has 0 bridgehead atoms. The van der Waals surface area contributed by atoms with E-state index in [-0.39, 0.29) is 11.8 Å². The van der Waals surface area contributed by atoms with E-state index in [1.54, 1.807) is 0 Å². The maximum Gasteiger partial charge on any atom is 0.228 e. The van der Waals surface area contributed by atoms with Crippen molar-refractivity contribution in [3.8, 4) is 11.4 Å². The van der Waals surface area contributed by atoms with E-state index in [0.29, 0.717) is 28.8 Å². The first-order chi connectivity index (χ1) is 15.9. The first kappa shape index (κ1) is 23.4. The number of hydrogen-bond acceptors (Lipinski definition) is 5. The van der Waals surface area contributed by atoms with Crippen molar-refractivity contribution in [2.45, 2.75) is 33.0 Å². The number of aryl methyl sites for hydroxylation is 1. The van der Waals surface area contributed by atoms with Gasteiger partial charge in [0.25, 0.3) is 0 Å². The van der Waals surface area contributed by atoms with Crippen molar-refractivity contribution in [1.29, 1.82) is 0 Å². The summed E-state index contributed by atoms with van der Waals surface area (Å²) in [6.45, 7) is 8.51. The van der Waals surface area contributed by atoms with Crippen molar-refractivity contribution in [2.24, 2.45) is 5.92 Å². The Labute approximate surface area is 203 Å². The number of rotatable bonds is 7. The number of anilines is 1. The molecular weight excluding hydrogens is 456 g/mol. The number of allylic oxidation sites excluding steroid dienone is 1. The fourth-order valence-electron chi connectivity index (χ4n) is 4.01. The highest BCUT2D eigenvalue weighted by atomic mass is 35.5. The Morgan fingerprint density at radius 2 is 1.97 bits per heavy atom. The number of piperidine rings is 1. The lowest BCUT2D eigenvalue weighted by Crippen LogP contribution is -2.39. The molecule has 1 fully saturated rings. The van der Waals surface area contributed by atoms with E-state index in [4.69, 9.17) is 28.9 Å². The van der Waals surface area contributed by atoms with Gasteiger partial charge in [-0.15, -0.1) is 6.58 Å². The first-order valence-electron chi connectivity index (χ1n) is 11.0. The Morgan fingerprint density at radius 3 is 2.64 bits per heavy atom. The average molecular weight is 483 g/mol. The molecule has 33 heavy (non-hydrogen) atoms. The largest absolute Gasteiger partial charge is 0.310 e. The van der Waals surface area contributed by atoms with Crippen molar-refractivity contribution in [3.63, 3.8) is 0 Å². The van der Waals surface area contributed by atoms with Gasteiger partial charge < -0.3 is 5.32 Å². The van der Waals surface area contributed by atoms with Gasteiger partial charge >= 0.3 is 0 Å². The summed E-state index contributed by atoms with van der Waals surface area (Å²) in [5.41, 5.74) is 1.83. The molecule has 7 nitrogen and oxygen atoms in total. The minimum Gasteiger partial charge on any atom is -0.310 e. The number of carbonyl (C=O) groups excluding carboxylic acids is 1. The molecule has 0 saturated carbocycles. The lowest BCUT2D eigenvalue weighted by molar-refractivity contribution is -0.121. The van der Waals surface area contributed by atoms with Crippen LogP contribution in [-0.4, -0.2) is 43.2 Å². The molecule has 0 radical (unpaired) electrons. The Hall–Kier alpha value is -2.81. The molecule has 1 amide bonds. The molecule has 4 rings (SSSR count). The summed E-state index contributed by atoms with van der Waals surface area (Å²) >= 11 is 11.8. The van der Waals surface area contributed by atoms with E-state index in [1.165, 1.54) is 0 Å². The second kappa shape index (κ2) is 10.4. The standard InChI is InChI=1S/C24H27ClN6OS/c1-3-13-30-22(18-7-9-20(25)10-8-18)28-31(24(30)33)16-29-14-11-19(12-15-29)23(32)27-21-6-4-5-17(2)26-21/h3-10,19H,1,11-16H2,2H3,(H,26,27,32). The summed E-state index contributed by atoms with van der Waals surface area (Å²) in [6.07, 6.45) is 3.37. The van der Waals surface area contributed by atoms with E-state index in [9.17, 15) is 4.79 Å². The van der Waals surface area contributed by atoms with E-state index in [2.05, 4.69) is 21.8 Å². The normalized spacial score (nSPS) is 14.8. The zero-order valence-corrected chi connectivity index (χ0v) is 20.1. The Balaban J connectivity index is 1.41. The predicted molar refractivity (Wildman–Crippen MR) is 134 cm³/mol. The molecule has 3 aromatic rings. The fraction of sp³-hybridized carbons (Fsp3) is 0.333. The summed E-state index contributed by atoms with van der Waals surface area (Å²) in [4.78, 5) is 19.3. The van der Waals surface area contributed by atoms with Gasteiger partial charge in [0.05, 0.1) is 6.67 Å². The molecule has 9 heteroatoms. The molecule has 1 aromatic carbocycles. The van der Waals surface area contributed by atoms with Crippen LogP contribution in [0.25, 0.3) is 11.4 Å². The molecule has 1 N–H and O–H groups in total. The van der Waals surface area contributed by atoms with Crippen LogP contribution in [0.2, 0.25) is 5.02 Å². The van der Waals surface area contributed by atoms with Crippen molar-refractivity contribution < 1.29 is 4.79 Å². The number of aromatic nitrogens is 4. The van der Waals surface area contributed by atoms with Crippen LogP contribution in [0.5, 0.6) is 0 Å². The number of amides is 1. The lowest BCUT2D eigenvalue weighted by atomic mass is 9.96. The van der Waals surface area contributed by atoms with Gasteiger partial charge in [-0.25, -0.2) is 9.67 Å². The van der Waals surface area contributed by atoms with Crippen LogP contribution < -0.4 is 5.32 Å². The van der Waals surface area contributed by atoms with Crippen LogP contribution in [0, 0.1) is 17.6 Å². The smallest absolute Gasteiger partial charge is 0.228 e. The molecule has 0 aliphatic carbocycles. The zero-order valence-electron chi connectivity index (χ0n) is 18.6. The number of carbonyl (C=O) groups is 1. The van der Waals surface area contributed by atoms with Crippen molar-refractivity contribution >= 4 is 35.5 Å². The van der Waals surface area contributed by atoms with E-state index >= 15 is 0 Å². The number of pyridine rings is 1. The minimum absolute atomic E-state index is 0.0283. The summed E-state index contributed by atoms with van der Waals surface area (Å²) in [6, 6.07) is 13.2. The summed E-state index contributed by atoms with van der Waals surface area (Å²) < 4.78 is 4.46. The van der Waals surface area contributed by atoms with Gasteiger partial charge in [0.1, 0.15) is 5.82 Å². The Kier molecular flexibility index (Phi) is 7.37. The highest BCUT2D eigenvalue weighted by Gasteiger charge is 2.26. The molecule has 0 unspecified atom stereocenters. The third kappa shape index (κ3) is 5.58. The Bertz CT molecular complexity index is 1190. The number of halogens is 1. The minimum atomic E-state index is -0.0283. The molecule has 1 aliphatic rings. The van der Waals surface area contributed by atoms with Crippen LogP contribution in [0.4, 0.5) is 5.82 Å². The van der Waals surface area contributed by atoms with E-state index < -0.39 is 0 Å². The van der Waals surface area contributed by atoms with Gasteiger partial charge in [-0.05, 0) is 68.4 Å². The molecule has 0 atom stereocenters. The summed E-state index contributed by atoms with van der Waals surface area (Å²) in [7, 11) is 0. The van der Waals surface area contributed by atoms with Crippen molar-refractivity contribution in [2.75, 3.05) is 18.4 Å². The summed E-state index contributed by atoms with van der Waals surface area (Å²) in [5, 5.41) is 8.42. The quantitative estimate of drug-likeness (QED) is 0.382. The molecule has 1 saturated heterocycles. The van der Waals surface area contributed by atoms with Gasteiger partial charge in [0.2, 0.25) is 5.91 Å². The van der Waals surface area contributed by atoms with E-state index in [1.807, 2.05) is 64.7 Å². The second-order valence-corrected chi connectivity index (χ2v) is 9.00. The molecule has 172 valence electrons. The second-order valence-electron chi connectivity index (χ2n) is 8.20. The van der Waals surface area contributed by atoms with Gasteiger partial charge in [0.15, 0.2) is 10.6 Å². The van der Waals surface area contributed by atoms with Crippen LogP contribution >= 0.6 is 23.8 Å². The van der Waals surface area contributed by atoms with Gasteiger partial charge in [-0.3, -0.25) is 14.3 Å². The Morgan fingerprint density at radius 1 is 1.24 bits per heavy atom. The van der Waals surface area contributed by atoms with Gasteiger partial charge in [0, 0.05) is 41.8 Å². The molecule has 0 spiro atoms. The topological polar surface area (TPSA) is 68.0 Å². The van der Waals surface area contributed by atoms with Gasteiger partial charge in [-0.1, -0.05) is 23.7 Å². The van der Waals surface area contributed by atoms with Crippen LogP contribution in [0.15, 0.2) is 55.1 Å². The zero-order chi connectivity index (χ0) is 23.4. The van der Waals surface area contributed by atoms with Crippen molar-refractivity contribution in [3.05, 3.63) is 70.6 Å². The monoisotopic (exact) mass is 482 g/mol. The number of nitrogens with zero attached hydrogens (tertiary/aromatic N) is 5. The first-order valence-corrected chi connectivity index (χ1v) is 11.7. The van der Waals surface area contributed by atoms with Crippen LogP contribution in [0.1, 0.15) is 18.5 Å².